The molecule has 2 aromatic carbocycles. The van der Waals surface area contributed by atoms with Crippen molar-refractivity contribution in [2.24, 2.45) is 0 Å². The van der Waals surface area contributed by atoms with Gasteiger partial charge in [-0.25, -0.2) is 9.18 Å². The van der Waals surface area contributed by atoms with Crippen molar-refractivity contribution in [1.29, 1.82) is 0 Å². The molecule has 1 aliphatic rings. The molecule has 37 heavy (non-hydrogen) atoms. The van der Waals surface area contributed by atoms with Crippen LogP contribution in [0.2, 0.25) is 0 Å². The molecule has 1 atom stereocenters. The third-order valence-electron chi connectivity index (χ3n) is 5.99. The molecule has 0 bridgehead atoms. The molecule has 198 valence electrons. The molecular weight excluding hydrogens is 504 g/mol. The summed E-state index contributed by atoms with van der Waals surface area (Å²) in [6, 6.07) is 10.0. The zero-order valence-corrected chi connectivity index (χ0v) is 19.4. The highest BCUT2D eigenvalue weighted by Gasteiger charge is 2.45. The number of benzene rings is 2. The van der Waals surface area contributed by atoms with E-state index in [0.29, 0.717) is 18.7 Å². The van der Waals surface area contributed by atoms with Gasteiger partial charge in [0.25, 0.3) is 5.89 Å². The van der Waals surface area contributed by atoms with Crippen LogP contribution in [0.15, 0.2) is 52.9 Å². The lowest BCUT2D eigenvalue weighted by Gasteiger charge is -2.27. The van der Waals surface area contributed by atoms with Crippen LogP contribution in [0.3, 0.4) is 0 Å². The Balaban J connectivity index is 1.46. The zero-order valence-electron chi connectivity index (χ0n) is 19.4. The molecule has 1 fully saturated rings. The molecule has 0 aliphatic carbocycles. The minimum Gasteiger partial charge on any atom is -0.415 e. The number of para-hydroxylation sites is 1. The molecule has 2 amide bonds. The van der Waals surface area contributed by atoms with Crippen molar-refractivity contribution in [1.82, 2.24) is 20.4 Å². The number of amides is 2. The van der Waals surface area contributed by atoms with E-state index in [0.717, 1.165) is 6.07 Å². The highest BCUT2D eigenvalue weighted by molar-refractivity contribution is 5.91. The van der Waals surface area contributed by atoms with Crippen LogP contribution in [0, 0.1) is 5.82 Å². The largest absolute Gasteiger partial charge is 0.415 e. The minimum absolute atomic E-state index is 0.0202. The number of halogens is 6. The van der Waals surface area contributed by atoms with Crippen molar-refractivity contribution in [3.63, 3.8) is 0 Å². The molecule has 0 radical (unpaired) electrons. The van der Waals surface area contributed by atoms with Crippen LogP contribution in [0.1, 0.15) is 30.7 Å². The number of hydrogen-bond acceptors (Lipinski definition) is 5. The lowest BCUT2D eigenvalue weighted by molar-refractivity contribution is -0.175. The minimum atomic E-state index is -4.33. The van der Waals surface area contributed by atoms with E-state index in [2.05, 4.69) is 15.5 Å². The van der Waals surface area contributed by atoms with Crippen LogP contribution in [0.25, 0.3) is 11.5 Å². The van der Waals surface area contributed by atoms with Gasteiger partial charge in [0.15, 0.2) is 0 Å². The first kappa shape index (κ1) is 26.5. The average molecular weight is 527 g/mol. The maximum absolute atomic E-state index is 14.9. The molecule has 4 rings (SSSR count). The third-order valence-corrected chi connectivity index (χ3v) is 5.99. The van der Waals surface area contributed by atoms with Gasteiger partial charge in [-0.3, -0.25) is 9.80 Å². The highest BCUT2D eigenvalue weighted by atomic mass is 19.4. The van der Waals surface area contributed by atoms with E-state index >= 15 is 0 Å². The van der Waals surface area contributed by atoms with Crippen molar-refractivity contribution in [2.75, 3.05) is 24.5 Å². The van der Waals surface area contributed by atoms with Gasteiger partial charge in [0, 0.05) is 29.9 Å². The first-order valence-electron chi connectivity index (χ1n) is 11.4. The van der Waals surface area contributed by atoms with E-state index in [4.69, 9.17) is 4.42 Å². The molecule has 2 heterocycles. The Labute approximate surface area is 208 Å². The summed E-state index contributed by atoms with van der Waals surface area (Å²) in [5.41, 5.74) is 0.630. The van der Waals surface area contributed by atoms with Crippen molar-refractivity contribution in [3.8, 4) is 11.5 Å². The third kappa shape index (κ3) is 6.40. The van der Waals surface area contributed by atoms with Gasteiger partial charge in [-0.05, 0) is 43.7 Å². The van der Waals surface area contributed by atoms with E-state index in [1.165, 1.54) is 21.9 Å². The summed E-state index contributed by atoms with van der Waals surface area (Å²) in [6.45, 7) is 0.0774. The second kappa shape index (κ2) is 11.2. The number of nitrogens with one attached hydrogen (secondary N) is 1. The number of urea groups is 1. The van der Waals surface area contributed by atoms with Crippen LogP contribution < -0.4 is 10.2 Å². The van der Waals surface area contributed by atoms with Crippen molar-refractivity contribution < 1.29 is 35.6 Å². The number of anilines is 1. The van der Waals surface area contributed by atoms with E-state index in [1.54, 1.807) is 30.3 Å². The Hall–Kier alpha value is -3.61. The molecule has 1 aliphatic heterocycles. The lowest BCUT2D eigenvalue weighted by Crippen LogP contribution is -2.46. The SMILES string of the molecule is O=C(NCCN1CCCC1C(F)(F)F)N(Cc1ccc(-c2nnc(C(F)F)o2)cc1F)c1ccccc1. The Bertz CT molecular complexity index is 1200. The molecule has 1 N–H and O–H groups in total. The van der Waals surface area contributed by atoms with Gasteiger partial charge in [0.2, 0.25) is 5.89 Å². The summed E-state index contributed by atoms with van der Waals surface area (Å²) in [7, 11) is 0. The Morgan fingerprint density at radius 1 is 1.16 bits per heavy atom. The number of hydrogen-bond donors (Lipinski definition) is 1. The molecule has 7 nitrogen and oxygen atoms in total. The smallest absolute Gasteiger partial charge is 0.404 e. The molecule has 1 saturated heterocycles. The summed E-state index contributed by atoms with van der Waals surface area (Å²) in [5, 5.41) is 9.33. The van der Waals surface area contributed by atoms with Gasteiger partial charge in [-0.2, -0.15) is 22.0 Å². The topological polar surface area (TPSA) is 74.5 Å². The molecule has 0 spiro atoms. The summed E-state index contributed by atoms with van der Waals surface area (Å²) in [6.07, 6.45) is -6.84. The van der Waals surface area contributed by atoms with Crippen molar-refractivity contribution in [3.05, 3.63) is 65.8 Å². The number of likely N-dealkylation sites (tertiary alicyclic amines) is 1. The highest BCUT2D eigenvalue weighted by Crippen LogP contribution is 2.32. The van der Waals surface area contributed by atoms with Gasteiger partial charge in [0.05, 0.1) is 6.54 Å². The number of rotatable bonds is 8. The molecule has 3 aromatic rings. The molecule has 0 saturated carbocycles. The Morgan fingerprint density at radius 2 is 1.92 bits per heavy atom. The van der Waals surface area contributed by atoms with Crippen LogP contribution >= 0.6 is 0 Å². The normalized spacial score (nSPS) is 16.4. The van der Waals surface area contributed by atoms with Crippen LogP contribution in [-0.4, -0.2) is 53.0 Å². The molecule has 1 unspecified atom stereocenters. The van der Waals surface area contributed by atoms with Crippen molar-refractivity contribution in [2.45, 2.75) is 38.0 Å². The molecule has 1 aromatic heterocycles. The second-order valence-corrected chi connectivity index (χ2v) is 8.44. The Kier molecular flexibility index (Phi) is 8.00. The maximum Gasteiger partial charge on any atom is 0.404 e. The number of alkyl halides is 5. The van der Waals surface area contributed by atoms with E-state index in [-0.39, 0.29) is 43.1 Å². The standard InChI is InChI=1S/C24H23F6N5O2/c25-18-13-15(21-32-33-22(37-21)20(26)27)8-9-16(18)14-35(17-5-2-1-3-6-17)23(36)31-10-12-34-11-4-7-19(34)24(28,29)30/h1-3,5-6,8-9,13,19-20H,4,7,10-12,14H2,(H,31,36). The van der Waals surface area contributed by atoms with Gasteiger partial charge in [-0.15, -0.1) is 10.2 Å². The first-order chi connectivity index (χ1) is 17.6. The number of carbonyl (C=O) groups excluding carboxylic acids is 1. The summed E-state index contributed by atoms with van der Waals surface area (Å²) in [4.78, 5) is 15.6. The predicted molar refractivity (Wildman–Crippen MR) is 121 cm³/mol. The molecule has 13 heteroatoms. The zero-order chi connectivity index (χ0) is 26.6. The summed E-state index contributed by atoms with van der Waals surface area (Å²) < 4.78 is 84.7. The van der Waals surface area contributed by atoms with Gasteiger partial charge < -0.3 is 9.73 Å². The van der Waals surface area contributed by atoms with Crippen LogP contribution in [0.4, 0.5) is 36.8 Å². The predicted octanol–water partition coefficient (Wildman–Crippen LogP) is 5.56. The monoisotopic (exact) mass is 527 g/mol. The Morgan fingerprint density at radius 3 is 2.57 bits per heavy atom. The van der Waals surface area contributed by atoms with Gasteiger partial charge in [-0.1, -0.05) is 24.3 Å². The quantitative estimate of drug-likeness (QED) is 0.389. The molecular formula is C24H23F6N5O2. The van der Waals surface area contributed by atoms with E-state index < -0.39 is 36.4 Å². The van der Waals surface area contributed by atoms with E-state index in [1.807, 2.05) is 0 Å². The number of aromatic nitrogens is 2. The van der Waals surface area contributed by atoms with Gasteiger partial charge in [0.1, 0.15) is 11.9 Å². The average Bonchev–Trinajstić information content (AvgIpc) is 3.54. The summed E-state index contributed by atoms with van der Waals surface area (Å²) >= 11 is 0. The fraction of sp³-hybridized carbons (Fsp3) is 0.375. The first-order valence-corrected chi connectivity index (χ1v) is 11.4. The van der Waals surface area contributed by atoms with Gasteiger partial charge >= 0.3 is 18.6 Å². The van der Waals surface area contributed by atoms with Crippen molar-refractivity contribution >= 4 is 11.7 Å². The fourth-order valence-electron chi connectivity index (χ4n) is 4.17. The second-order valence-electron chi connectivity index (χ2n) is 8.44. The summed E-state index contributed by atoms with van der Waals surface area (Å²) in [5.74, 6) is -1.91. The fourth-order valence-corrected chi connectivity index (χ4v) is 4.17. The maximum atomic E-state index is 14.9. The van der Waals surface area contributed by atoms with E-state index in [9.17, 15) is 31.1 Å². The van der Waals surface area contributed by atoms with Crippen LogP contribution in [-0.2, 0) is 6.54 Å². The number of carbonyl (C=O) groups is 1. The number of nitrogens with zero attached hydrogens (tertiary/aromatic N) is 4. The van der Waals surface area contributed by atoms with Crippen LogP contribution in [0.5, 0.6) is 0 Å². The lowest BCUT2D eigenvalue weighted by atomic mass is 10.1.